The van der Waals surface area contributed by atoms with Crippen LogP contribution in [0.15, 0.2) is 24.5 Å². The number of amides is 3. The lowest BCUT2D eigenvalue weighted by Crippen LogP contribution is -2.45. The van der Waals surface area contributed by atoms with E-state index < -0.39 is 5.41 Å². The van der Waals surface area contributed by atoms with Crippen molar-refractivity contribution in [2.75, 3.05) is 39.8 Å². The summed E-state index contributed by atoms with van der Waals surface area (Å²) in [5.74, 6) is -0.0401. The molecule has 1 spiro atoms. The summed E-state index contributed by atoms with van der Waals surface area (Å²) in [6.07, 6.45) is 3.57. The summed E-state index contributed by atoms with van der Waals surface area (Å²) in [4.78, 5) is 47.1. The van der Waals surface area contributed by atoms with Gasteiger partial charge in [0.15, 0.2) is 0 Å². The third-order valence-electron chi connectivity index (χ3n) is 5.24. The second kappa shape index (κ2) is 7.05. The molecular formula is C19H26N4O3. The van der Waals surface area contributed by atoms with Crippen LogP contribution in [0.4, 0.5) is 0 Å². The van der Waals surface area contributed by atoms with Crippen LogP contribution < -0.4 is 0 Å². The van der Waals surface area contributed by atoms with Gasteiger partial charge in [-0.1, -0.05) is 13.8 Å². The summed E-state index contributed by atoms with van der Waals surface area (Å²) < 4.78 is 0. The molecule has 1 aromatic rings. The van der Waals surface area contributed by atoms with E-state index in [0.717, 1.165) is 0 Å². The van der Waals surface area contributed by atoms with E-state index in [-0.39, 0.29) is 23.6 Å². The lowest BCUT2D eigenvalue weighted by atomic mass is 9.85. The second-order valence-electron chi connectivity index (χ2n) is 7.80. The van der Waals surface area contributed by atoms with Gasteiger partial charge < -0.3 is 14.7 Å². The van der Waals surface area contributed by atoms with Crippen molar-refractivity contribution < 1.29 is 14.4 Å². The molecule has 0 radical (unpaired) electrons. The van der Waals surface area contributed by atoms with E-state index in [0.29, 0.717) is 44.7 Å². The number of hydrogen-bond donors (Lipinski definition) is 0. The third kappa shape index (κ3) is 3.57. The van der Waals surface area contributed by atoms with E-state index in [1.54, 1.807) is 41.4 Å². The average molecular weight is 358 g/mol. The van der Waals surface area contributed by atoms with Gasteiger partial charge in [0.25, 0.3) is 5.91 Å². The van der Waals surface area contributed by atoms with Gasteiger partial charge in [-0.3, -0.25) is 19.4 Å². The number of rotatable bonds is 2. The van der Waals surface area contributed by atoms with Gasteiger partial charge in [-0.15, -0.1) is 0 Å². The zero-order valence-electron chi connectivity index (χ0n) is 15.6. The van der Waals surface area contributed by atoms with Crippen LogP contribution in [0.2, 0.25) is 0 Å². The summed E-state index contributed by atoms with van der Waals surface area (Å²) in [6.45, 7) is 6.28. The van der Waals surface area contributed by atoms with E-state index in [9.17, 15) is 14.4 Å². The number of carbonyl (C=O) groups excluding carboxylic acids is 3. The fourth-order valence-corrected chi connectivity index (χ4v) is 3.98. The first-order valence-corrected chi connectivity index (χ1v) is 9.03. The predicted octanol–water partition coefficient (Wildman–Crippen LogP) is 0.871. The Hall–Kier alpha value is -2.44. The smallest absolute Gasteiger partial charge is 0.254 e. The molecular weight excluding hydrogens is 332 g/mol. The lowest BCUT2D eigenvalue weighted by Gasteiger charge is -2.33. The normalized spacial score (nSPS) is 23.7. The highest BCUT2D eigenvalue weighted by Gasteiger charge is 2.47. The minimum absolute atomic E-state index is 0.0696. The number of carbonyl (C=O) groups is 3. The molecule has 1 atom stereocenters. The molecule has 1 unspecified atom stereocenters. The minimum Gasteiger partial charge on any atom is -0.345 e. The van der Waals surface area contributed by atoms with Crippen molar-refractivity contribution in [3.05, 3.63) is 30.1 Å². The highest BCUT2D eigenvalue weighted by molar-refractivity contribution is 5.94. The Balaban J connectivity index is 1.88. The molecule has 2 aliphatic heterocycles. The predicted molar refractivity (Wildman–Crippen MR) is 96.2 cm³/mol. The molecule has 2 saturated heterocycles. The maximum atomic E-state index is 13.0. The molecule has 0 saturated carbocycles. The van der Waals surface area contributed by atoms with Crippen molar-refractivity contribution >= 4 is 17.7 Å². The molecule has 3 amide bonds. The van der Waals surface area contributed by atoms with Gasteiger partial charge in [0, 0.05) is 75.5 Å². The number of aromatic nitrogens is 1. The van der Waals surface area contributed by atoms with Crippen molar-refractivity contribution in [2.24, 2.45) is 11.3 Å². The van der Waals surface area contributed by atoms with Crippen molar-refractivity contribution in [1.82, 2.24) is 19.7 Å². The molecule has 26 heavy (non-hydrogen) atoms. The third-order valence-corrected chi connectivity index (χ3v) is 5.24. The van der Waals surface area contributed by atoms with Crippen LogP contribution >= 0.6 is 0 Å². The van der Waals surface area contributed by atoms with E-state index in [2.05, 4.69) is 4.98 Å². The largest absolute Gasteiger partial charge is 0.345 e. The van der Waals surface area contributed by atoms with Gasteiger partial charge in [-0.2, -0.15) is 0 Å². The van der Waals surface area contributed by atoms with Gasteiger partial charge in [0.1, 0.15) is 0 Å². The SMILES string of the molecule is CC(C)C(=O)N1CCN(C(=O)c2ccncc2)CC2(CC(=O)N(C)C2)C1. The molecule has 0 aliphatic carbocycles. The molecule has 0 N–H and O–H groups in total. The van der Waals surface area contributed by atoms with Crippen LogP contribution in [0.5, 0.6) is 0 Å². The summed E-state index contributed by atoms with van der Waals surface area (Å²) in [7, 11) is 1.78. The Morgan fingerprint density at radius 1 is 1.08 bits per heavy atom. The Kier molecular flexibility index (Phi) is 4.98. The van der Waals surface area contributed by atoms with Gasteiger partial charge in [-0.05, 0) is 12.1 Å². The zero-order valence-corrected chi connectivity index (χ0v) is 15.6. The second-order valence-corrected chi connectivity index (χ2v) is 7.80. The van der Waals surface area contributed by atoms with E-state index in [1.807, 2.05) is 18.7 Å². The van der Waals surface area contributed by atoms with Crippen LogP contribution in [0.1, 0.15) is 30.6 Å². The molecule has 3 rings (SSSR count). The van der Waals surface area contributed by atoms with E-state index in [1.165, 1.54) is 0 Å². The van der Waals surface area contributed by atoms with Crippen molar-refractivity contribution in [3.63, 3.8) is 0 Å². The lowest BCUT2D eigenvalue weighted by molar-refractivity contribution is -0.135. The molecule has 7 nitrogen and oxygen atoms in total. The minimum atomic E-state index is -0.407. The van der Waals surface area contributed by atoms with Crippen LogP contribution in [-0.2, 0) is 9.59 Å². The van der Waals surface area contributed by atoms with E-state index >= 15 is 0 Å². The number of pyridine rings is 1. The molecule has 0 bridgehead atoms. The zero-order chi connectivity index (χ0) is 18.9. The highest BCUT2D eigenvalue weighted by Crippen LogP contribution is 2.35. The Morgan fingerprint density at radius 2 is 1.69 bits per heavy atom. The van der Waals surface area contributed by atoms with Crippen LogP contribution in [0.3, 0.4) is 0 Å². The van der Waals surface area contributed by atoms with Crippen molar-refractivity contribution in [2.45, 2.75) is 20.3 Å². The highest BCUT2D eigenvalue weighted by atomic mass is 16.2. The number of nitrogens with zero attached hydrogens (tertiary/aromatic N) is 4. The standard InChI is InChI=1S/C19H26N4O3/c1-14(2)17(25)22-8-9-23(18(26)15-4-6-20-7-5-15)13-19(12-22)10-16(24)21(3)11-19/h4-7,14H,8-13H2,1-3H3. The maximum Gasteiger partial charge on any atom is 0.254 e. The van der Waals surface area contributed by atoms with Gasteiger partial charge in [0.05, 0.1) is 0 Å². The van der Waals surface area contributed by atoms with Crippen molar-refractivity contribution in [1.29, 1.82) is 0 Å². The molecule has 3 heterocycles. The first kappa shape index (κ1) is 18.4. The van der Waals surface area contributed by atoms with E-state index in [4.69, 9.17) is 0 Å². The molecule has 1 aromatic heterocycles. The van der Waals surface area contributed by atoms with Crippen LogP contribution in [-0.4, -0.2) is 77.2 Å². The Bertz CT molecular complexity index is 706. The fraction of sp³-hybridized carbons (Fsp3) is 0.579. The molecule has 0 aromatic carbocycles. The van der Waals surface area contributed by atoms with Crippen LogP contribution in [0, 0.1) is 11.3 Å². The average Bonchev–Trinajstić information content (AvgIpc) is 2.79. The molecule has 2 aliphatic rings. The summed E-state index contributed by atoms with van der Waals surface area (Å²) >= 11 is 0. The quantitative estimate of drug-likeness (QED) is 0.786. The van der Waals surface area contributed by atoms with Crippen LogP contribution in [0.25, 0.3) is 0 Å². The van der Waals surface area contributed by atoms with Crippen molar-refractivity contribution in [3.8, 4) is 0 Å². The van der Waals surface area contributed by atoms with Gasteiger partial charge in [-0.25, -0.2) is 0 Å². The number of likely N-dealkylation sites (tertiary alicyclic amines) is 1. The Morgan fingerprint density at radius 3 is 2.27 bits per heavy atom. The van der Waals surface area contributed by atoms with Gasteiger partial charge >= 0.3 is 0 Å². The first-order chi connectivity index (χ1) is 12.3. The molecule has 7 heteroatoms. The summed E-state index contributed by atoms with van der Waals surface area (Å²) in [5, 5.41) is 0. The maximum absolute atomic E-state index is 13.0. The topological polar surface area (TPSA) is 73.8 Å². The monoisotopic (exact) mass is 358 g/mol. The number of hydrogen-bond acceptors (Lipinski definition) is 4. The first-order valence-electron chi connectivity index (χ1n) is 9.03. The Labute approximate surface area is 154 Å². The fourth-order valence-electron chi connectivity index (χ4n) is 3.98. The summed E-state index contributed by atoms with van der Waals surface area (Å²) in [5.41, 5.74) is 0.173. The molecule has 140 valence electrons. The summed E-state index contributed by atoms with van der Waals surface area (Å²) in [6, 6.07) is 3.39. The van der Waals surface area contributed by atoms with Gasteiger partial charge in [0.2, 0.25) is 11.8 Å². The molecule has 2 fully saturated rings.